The van der Waals surface area contributed by atoms with Crippen LogP contribution in [0, 0.1) is 10.1 Å². The summed E-state index contributed by atoms with van der Waals surface area (Å²) in [7, 11) is 1.48. The normalized spacial score (nSPS) is 10.1. The second-order valence-electron chi connectivity index (χ2n) is 3.73. The third-order valence-electron chi connectivity index (χ3n) is 2.63. The molecule has 5 heteroatoms. The van der Waals surface area contributed by atoms with Crippen molar-refractivity contribution in [2.24, 2.45) is 0 Å². The Morgan fingerprint density at radius 3 is 2.44 bits per heavy atom. The average Bonchev–Trinajstić information content (AvgIpc) is 2.39. The SMILES string of the molecule is COc1cc(-c2ccccc2)c([N+](=O)[O-])cc1N. The van der Waals surface area contributed by atoms with E-state index in [0.717, 1.165) is 5.56 Å². The van der Waals surface area contributed by atoms with Crippen molar-refractivity contribution in [1.82, 2.24) is 0 Å². The van der Waals surface area contributed by atoms with Gasteiger partial charge in [-0.05, 0) is 11.6 Å². The maximum atomic E-state index is 11.1. The minimum Gasteiger partial charge on any atom is -0.495 e. The predicted molar refractivity (Wildman–Crippen MR) is 69.5 cm³/mol. The van der Waals surface area contributed by atoms with Crippen LogP contribution in [0.4, 0.5) is 11.4 Å². The van der Waals surface area contributed by atoms with Crippen molar-refractivity contribution in [3.8, 4) is 16.9 Å². The summed E-state index contributed by atoms with van der Waals surface area (Å²) in [5, 5.41) is 11.1. The molecule has 5 nitrogen and oxygen atoms in total. The Hall–Kier alpha value is -2.56. The number of anilines is 1. The number of rotatable bonds is 3. The van der Waals surface area contributed by atoms with E-state index in [-0.39, 0.29) is 11.4 Å². The van der Waals surface area contributed by atoms with Gasteiger partial charge in [-0.2, -0.15) is 0 Å². The maximum Gasteiger partial charge on any atom is 0.279 e. The summed E-state index contributed by atoms with van der Waals surface area (Å²) in [6, 6.07) is 12.0. The van der Waals surface area contributed by atoms with Crippen LogP contribution in [0.15, 0.2) is 42.5 Å². The average molecular weight is 244 g/mol. The molecule has 0 aliphatic carbocycles. The fourth-order valence-corrected chi connectivity index (χ4v) is 1.76. The van der Waals surface area contributed by atoms with Crippen LogP contribution in [-0.4, -0.2) is 12.0 Å². The second kappa shape index (κ2) is 4.75. The van der Waals surface area contributed by atoms with Crippen LogP contribution in [0.25, 0.3) is 11.1 Å². The fraction of sp³-hybridized carbons (Fsp3) is 0.0769. The van der Waals surface area contributed by atoms with Crippen molar-refractivity contribution < 1.29 is 9.66 Å². The van der Waals surface area contributed by atoms with E-state index in [2.05, 4.69) is 0 Å². The van der Waals surface area contributed by atoms with E-state index in [0.29, 0.717) is 11.3 Å². The number of nitrogens with zero attached hydrogens (tertiary/aromatic N) is 1. The highest BCUT2D eigenvalue weighted by molar-refractivity contribution is 5.79. The van der Waals surface area contributed by atoms with Crippen LogP contribution in [0.2, 0.25) is 0 Å². The van der Waals surface area contributed by atoms with Gasteiger partial charge in [-0.15, -0.1) is 0 Å². The van der Waals surface area contributed by atoms with Crippen molar-refractivity contribution in [2.75, 3.05) is 12.8 Å². The first-order valence-electron chi connectivity index (χ1n) is 5.31. The number of hydrogen-bond acceptors (Lipinski definition) is 4. The number of nitro groups is 1. The summed E-state index contributed by atoms with van der Waals surface area (Å²) in [4.78, 5) is 10.6. The summed E-state index contributed by atoms with van der Waals surface area (Å²) >= 11 is 0. The third kappa shape index (κ3) is 2.10. The highest BCUT2D eigenvalue weighted by Gasteiger charge is 2.18. The van der Waals surface area contributed by atoms with E-state index >= 15 is 0 Å². The lowest BCUT2D eigenvalue weighted by molar-refractivity contribution is -0.384. The molecule has 0 spiro atoms. The van der Waals surface area contributed by atoms with Gasteiger partial charge in [0.2, 0.25) is 0 Å². The molecule has 0 aromatic heterocycles. The molecule has 0 fully saturated rings. The largest absolute Gasteiger partial charge is 0.495 e. The summed E-state index contributed by atoms with van der Waals surface area (Å²) in [6.07, 6.45) is 0. The number of nitrogens with two attached hydrogens (primary N) is 1. The van der Waals surface area contributed by atoms with Crippen LogP contribution < -0.4 is 10.5 Å². The molecule has 0 amide bonds. The number of hydrogen-bond donors (Lipinski definition) is 1. The van der Waals surface area contributed by atoms with Gasteiger partial charge >= 0.3 is 0 Å². The Bertz CT molecular complexity index is 582. The first kappa shape index (κ1) is 11.9. The Balaban J connectivity index is 2.68. The summed E-state index contributed by atoms with van der Waals surface area (Å²) in [6.45, 7) is 0. The zero-order valence-corrected chi connectivity index (χ0v) is 9.79. The van der Waals surface area contributed by atoms with Crippen molar-refractivity contribution in [2.45, 2.75) is 0 Å². The number of methoxy groups -OCH3 is 1. The molecular formula is C13H12N2O3. The highest BCUT2D eigenvalue weighted by atomic mass is 16.6. The van der Waals surface area contributed by atoms with Gasteiger partial charge in [-0.3, -0.25) is 10.1 Å². The molecule has 2 aromatic rings. The van der Waals surface area contributed by atoms with E-state index in [9.17, 15) is 10.1 Å². The molecule has 0 aliphatic rings. The van der Waals surface area contributed by atoms with Gasteiger partial charge in [0.1, 0.15) is 5.75 Å². The summed E-state index contributed by atoms with van der Waals surface area (Å²) < 4.78 is 5.09. The van der Waals surface area contributed by atoms with E-state index in [1.807, 2.05) is 18.2 Å². The van der Waals surface area contributed by atoms with E-state index < -0.39 is 4.92 Å². The highest BCUT2D eigenvalue weighted by Crippen LogP contribution is 2.36. The lowest BCUT2D eigenvalue weighted by atomic mass is 10.0. The van der Waals surface area contributed by atoms with Gasteiger partial charge in [-0.25, -0.2) is 0 Å². The Morgan fingerprint density at radius 2 is 1.89 bits per heavy atom. The van der Waals surface area contributed by atoms with E-state index in [1.165, 1.54) is 13.2 Å². The van der Waals surface area contributed by atoms with Gasteiger partial charge in [0.15, 0.2) is 0 Å². The number of nitrogen functional groups attached to an aromatic ring is 1. The first-order chi connectivity index (χ1) is 8.63. The molecule has 18 heavy (non-hydrogen) atoms. The maximum absolute atomic E-state index is 11.1. The molecule has 0 bridgehead atoms. The van der Waals surface area contributed by atoms with Crippen molar-refractivity contribution in [1.29, 1.82) is 0 Å². The second-order valence-corrected chi connectivity index (χ2v) is 3.73. The van der Waals surface area contributed by atoms with Gasteiger partial charge in [0, 0.05) is 6.07 Å². The van der Waals surface area contributed by atoms with Crippen LogP contribution in [-0.2, 0) is 0 Å². The quantitative estimate of drug-likeness (QED) is 0.511. The smallest absolute Gasteiger partial charge is 0.279 e. The lowest BCUT2D eigenvalue weighted by Gasteiger charge is -2.08. The van der Waals surface area contributed by atoms with Crippen LogP contribution in [0.3, 0.4) is 0 Å². The van der Waals surface area contributed by atoms with Crippen molar-refractivity contribution in [3.63, 3.8) is 0 Å². The molecule has 0 unspecified atom stereocenters. The Morgan fingerprint density at radius 1 is 1.22 bits per heavy atom. The monoisotopic (exact) mass is 244 g/mol. The zero-order valence-electron chi connectivity index (χ0n) is 9.79. The zero-order chi connectivity index (χ0) is 13.1. The molecule has 2 rings (SSSR count). The molecule has 0 aliphatic heterocycles. The fourth-order valence-electron chi connectivity index (χ4n) is 1.76. The van der Waals surface area contributed by atoms with Crippen molar-refractivity contribution >= 4 is 11.4 Å². The van der Waals surface area contributed by atoms with Gasteiger partial charge in [0.05, 0.1) is 23.3 Å². The predicted octanol–water partition coefficient (Wildman–Crippen LogP) is 2.85. The van der Waals surface area contributed by atoms with E-state index in [4.69, 9.17) is 10.5 Å². The summed E-state index contributed by atoms with van der Waals surface area (Å²) in [5.74, 6) is 0.430. The third-order valence-corrected chi connectivity index (χ3v) is 2.63. The lowest BCUT2D eigenvalue weighted by Crippen LogP contribution is -1.98. The van der Waals surface area contributed by atoms with Gasteiger partial charge < -0.3 is 10.5 Å². The number of ether oxygens (including phenoxy) is 1. The standard InChI is InChI=1S/C13H12N2O3/c1-18-13-7-10(9-5-3-2-4-6-9)12(15(16)17)8-11(13)14/h2-8H,14H2,1H3. The van der Waals surface area contributed by atoms with Crippen molar-refractivity contribution in [3.05, 3.63) is 52.6 Å². The van der Waals surface area contributed by atoms with Crippen LogP contribution in [0.5, 0.6) is 5.75 Å². The molecule has 0 saturated heterocycles. The molecule has 2 N–H and O–H groups in total. The first-order valence-corrected chi connectivity index (χ1v) is 5.31. The molecule has 0 radical (unpaired) electrons. The minimum absolute atomic E-state index is 0.0282. The number of nitro benzene ring substituents is 1. The van der Waals surface area contributed by atoms with Crippen LogP contribution >= 0.6 is 0 Å². The Kier molecular flexibility index (Phi) is 3.14. The summed E-state index contributed by atoms with van der Waals surface area (Å²) in [5.41, 5.74) is 7.16. The Labute approximate surface area is 104 Å². The molecule has 0 saturated carbocycles. The molecule has 0 heterocycles. The van der Waals surface area contributed by atoms with Crippen LogP contribution in [0.1, 0.15) is 0 Å². The number of benzene rings is 2. The molecule has 92 valence electrons. The minimum atomic E-state index is -0.446. The molecular weight excluding hydrogens is 232 g/mol. The molecule has 2 aromatic carbocycles. The topological polar surface area (TPSA) is 78.4 Å². The van der Waals surface area contributed by atoms with E-state index in [1.54, 1.807) is 18.2 Å². The molecule has 0 atom stereocenters. The van der Waals surface area contributed by atoms with Gasteiger partial charge in [0.25, 0.3) is 5.69 Å². The van der Waals surface area contributed by atoms with Gasteiger partial charge in [-0.1, -0.05) is 30.3 Å².